The van der Waals surface area contributed by atoms with Crippen LogP contribution in [0.1, 0.15) is 5.56 Å². The summed E-state index contributed by atoms with van der Waals surface area (Å²) < 4.78 is 102. The van der Waals surface area contributed by atoms with Gasteiger partial charge in [0.2, 0.25) is 0 Å². The Morgan fingerprint density at radius 2 is 1.42 bits per heavy atom. The normalized spacial score (nSPS) is 12.9. The molecule has 0 aromatic heterocycles. The van der Waals surface area contributed by atoms with Crippen molar-refractivity contribution in [2.45, 2.75) is 11.7 Å². The lowest BCUT2D eigenvalue weighted by Crippen LogP contribution is -2.28. The van der Waals surface area contributed by atoms with Crippen molar-refractivity contribution in [3.05, 3.63) is 54.1 Å². The fraction of sp³-hybridized carbons (Fsp3) is 0.143. The zero-order valence-electron chi connectivity index (χ0n) is 11.5. The van der Waals surface area contributed by atoms with E-state index in [0.29, 0.717) is 18.2 Å². The predicted octanol–water partition coefficient (Wildman–Crippen LogP) is 4.60. The zero-order chi connectivity index (χ0) is 18.2. The summed E-state index contributed by atoms with van der Waals surface area (Å²) in [6, 6.07) is 8.50. The number of halogens is 6. The topological polar surface area (TPSA) is 43.4 Å². The van der Waals surface area contributed by atoms with Gasteiger partial charge in [0.05, 0.1) is 5.56 Å². The summed E-state index contributed by atoms with van der Waals surface area (Å²) in [6.07, 6.45) is -4.76. The Balaban J connectivity index is 2.60. The van der Waals surface area contributed by atoms with Crippen molar-refractivity contribution in [3.63, 3.8) is 0 Å². The molecule has 0 atom stereocenters. The Morgan fingerprint density at radius 3 is 1.92 bits per heavy atom. The fourth-order valence-electron chi connectivity index (χ4n) is 1.79. The summed E-state index contributed by atoms with van der Waals surface area (Å²) in [5.41, 5.74) is -7.23. The molecule has 130 valence electrons. The molecule has 0 saturated heterocycles. The number of alkyl halides is 6. The maximum atomic E-state index is 12.8. The SMILES string of the molecule is O=S(=O)(Oc1ccc(C(F)(F)F)cc1-c1ccccc1)C(F)(F)F. The minimum atomic E-state index is -6.01. The quantitative estimate of drug-likeness (QED) is 0.451. The predicted molar refractivity (Wildman–Crippen MR) is 72.5 cm³/mol. The van der Waals surface area contributed by atoms with Crippen molar-refractivity contribution in [1.82, 2.24) is 0 Å². The van der Waals surface area contributed by atoms with Gasteiger partial charge in [-0.3, -0.25) is 0 Å². The van der Waals surface area contributed by atoms with Gasteiger partial charge in [-0.2, -0.15) is 34.8 Å². The van der Waals surface area contributed by atoms with E-state index in [4.69, 9.17) is 0 Å². The number of hydrogen-bond donors (Lipinski definition) is 0. The Hall–Kier alpha value is -2.23. The van der Waals surface area contributed by atoms with Crippen LogP contribution in [0, 0.1) is 0 Å². The molecule has 2 rings (SSSR count). The number of benzene rings is 2. The lowest BCUT2D eigenvalue weighted by molar-refractivity contribution is -0.137. The Labute approximate surface area is 132 Å². The van der Waals surface area contributed by atoms with Crippen molar-refractivity contribution in [3.8, 4) is 16.9 Å². The van der Waals surface area contributed by atoms with Crippen LogP contribution in [0.5, 0.6) is 5.75 Å². The second kappa shape index (κ2) is 6.00. The first-order valence-corrected chi connectivity index (χ1v) is 7.60. The maximum absolute atomic E-state index is 12.8. The minimum Gasteiger partial charge on any atom is -0.375 e. The molecular weight excluding hydrogens is 362 g/mol. The van der Waals surface area contributed by atoms with Gasteiger partial charge in [-0.25, -0.2) is 0 Å². The van der Waals surface area contributed by atoms with Crippen molar-refractivity contribution in [2.24, 2.45) is 0 Å². The summed E-state index contributed by atoms with van der Waals surface area (Å²) in [4.78, 5) is 0. The Morgan fingerprint density at radius 1 is 0.833 bits per heavy atom. The van der Waals surface area contributed by atoms with E-state index in [1.54, 1.807) is 0 Å². The molecule has 2 aromatic rings. The Bertz CT molecular complexity index is 826. The third-order valence-corrected chi connectivity index (χ3v) is 3.84. The molecule has 0 heterocycles. The van der Waals surface area contributed by atoms with Crippen LogP contribution < -0.4 is 4.18 Å². The molecule has 0 saturated carbocycles. The van der Waals surface area contributed by atoms with Crippen LogP contribution in [-0.2, 0) is 16.3 Å². The molecular formula is C14H8F6O3S. The van der Waals surface area contributed by atoms with Crippen molar-refractivity contribution >= 4 is 10.1 Å². The molecule has 0 radical (unpaired) electrons. The van der Waals surface area contributed by atoms with E-state index >= 15 is 0 Å². The molecule has 0 aliphatic heterocycles. The van der Waals surface area contributed by atoms with Crippen LogP contribution in [0.15, 0.2) is 48.5 Å². The van der Waals surface area contributed by atoms with Gasteiger partial charge in [-0.1, -0.05) is 30.3 Å². The van der Waals surface area contributed by atoms with E-state index in [1.807, 2.05) is 0 Å². The molecule has 0 spiro atoms. The first kappa shape index (κ1) is 18.1. The van der Waals surface area contributed by atoms with Gasteiger partial charge in [-0.05, 0) is 23.8 Å². The molecule has 0 bridgehead atoms. The first-order chi connectivity index (χ1) is 10.9. The first-order valence-electron chi connectivity index (χ1n) is 6.19. The van der Waals surface area contributed by atoms with Crippen molar-refractivity contribution < 1.29 is 38.9 Å². The molecule has 3 nitrogen and oxygen atoms in total. The van der Waals surface area contributed by atoms with Gasteiger partial charge in [-0.15, -0.1) is 0 Å². The van der Waals surface area contributed by atoms with Crippen LogP contribution in [0.25, 0.3) is 11.1 Å². The molecule has 0 unspecified atom stereocenters. The lowest BCUT2D eigenvalue weighted by atomic mass is 10.0. The van der Waals surface area contributed by atoms with Gasteiger partial charge >= 0.3 is 21.8 Å². The molecule has 0 amide bonds. The monoisotopic (exact) mass is 370 g/mol. The van der Waals surface area contributed by atoms with Crippen LogP contribution in [0.3, 0.4) is 0 Å². The van der Waals surface area contributed by atoms with E-state index in [2.05, 4.69) is 4.18 Å². The van der Waals surface area contributed by atoms with E-state index in [-0.39, 0.29) is 5.56 Å². The smallest absolute Gasteiger partial charge is 0.375 e. The standard InChI is InChI=1S/C14H8F6O3S/c15-13(16,17)10-6-7-12(23-24(21,22)14(18,19)20)11(8-10)9-4-2-1-3-5-9/h1-8H. The molecule has 10 heteroatoms. The summed E-state index contributed by atoms with van der Waals surface area (Å²) >= 11 is 0. The highest BCUT2D eigenvalue weighted by molar-refractivity contribution is 7.88. The third-order valence-electron chi connectivity index (χ3n) is 2.87. The summed E-state index contributed by atoms with van der Waals surface area (Å²) in [7, 11) is -6.01. The van der Waals surface area contributed by atoms with E-state index in [1.165, 1.54) is 30.3 Å². The largest absolute Gasteiger partial charge is 0.534 e. The van der Waals surface area contributed by atoms with Gasteiger partial charge in [0.15, 0.2) is 5.75 Å². The second-order valence-electron chi connectivity index (χ2n) is 4.56. The van der Waals surface area contributed by atoms with Crippen molar-refractivity contribution in [1.29, 1.82) is 0 Å². The third kappa shape index (κ3) is 3.81. The minimum absolute atomic E-state index is 0.0657. The molecule has 2 aromatic carbocycles. The summed E-state index contributed by atoms with van der Waals surface area (Å²) in [6.45, 7) is 0. The summed E-state index contributed by atoms with van der Waals surface area (Å²) in [5, 5.41) is 0. The van der Waals surface area contributed by atoms with E-state index in [0.717, 1.165) is 0 Å². The highest BCUT2D eigenvalue weighted by Crippen LogP contribution is 2.39. The molecule has 0 N–H and O–H groups in total. The van der Waals surface area contributed by atoms with Crippen LogP contribution >= 0.6 is 0 Å². The maximum Gasteiger partial charge on any atom is 0.534 e. The van der Waals surface area contributed by atoms with E-state index < -0.39 is 38.7 Å². The van der Waals surface area contributed by atoms with Crippen molar-refractivity contribution in [2.75, 3.05) is 0 Å². The molecule has 0 aliphatic carbocycles. The average Bonchev–Trinajstić information content (AvgIpc) is 2.46. The highest BCUT2D eigenvalue weighted by atomic mass is 32.2. The molecule has 0 aliphatic rings. The zero-order valence-corrected chi connectivity index (χ0v) is 12.3. The summed E-state index contributed by atoms with van der Waals surface area (Å²) in [5.74, 6) is -0.855. The molecule has 0 fully saturated rings. The van der Waals surface area contributed by atoms with Gasteiger partial charge in [0.25, 0.3) is 0 Å². The number of hydrogen-bond acceptors (Lipinski definition) is 3. The molecule has 24 heavy (non-hydrogen) atoms. The van der Waals surface area contributed by atoms with Gasteiger partial charge < -0.3 is 4.18 Å². The number of rotatable bonds is 3. The van der Waals surface area contributed by atoms with Gasteiger partial charge in [0.1, 0.15) is 0 Å². The van der Waals surface area contributed by atoms with Crippen LogP contribution in [-0.4, -0.2) is 13.9 Å². The second-order valence-corrected chi connectivity index (χ2v) is 6.10. The van der Waals surface area contributed by atoms with E-state index in [9.17, 15) is 34.8 Å². The average molecular weight is 370 g/mol. The Kier molecular flexibility index (Phi) is 4.53. The highest BCUT2D eigenvalue weighted by Gasteiger charge is 2.49. The van der Waals surface area contributed by atoms with Gasteiger partial charge in [0, 0.05) is 5.56 Å². The van der Waals surface area contributed by atoms with Crippen LogP contribution in [0.2, 0.25) is 0 Å². The lowest BCUT2D eigenvalue weighted by Gasteiger charge is -2.15. The fourth-order valence-corrected chi connectivity index (χ4v) is 2.26. The van der Waals surface area contributed by atoms with Crippen LogP contribution in [0.4, 0.5) is 26.3 Å².